The summed E-state index contributed by atoms with van der Waals surface area (Å²) >= 11 is 0. The number of fused-ring (bicyclic) bond motifs is 5. The summed E-state index contributed by atoms with van der Waals surface area (Å²) in [6.07, 6.45) is 23.2. The quantitative estimate of drug-likeness (QED) is 0.189. The Balaban J connectivity index is 1.18. The van der Waals surface area contributed by atoms with E-state index in [4.69, 9.17) is 4.98 Å². The highest BCUT2D eigenvalue weighted by Crippen LogP contribution is 2.42. The van der Waals surface area contributed by atoms with Crippen LogP contribution in [0.4, 0.5) is 0 Å². The Morgan fingerprint density at radius 2 is 1.35 bits per heavy atom. The normalized spacial score (nSPS) is 18.1. The summed E-state index contributed by atoms with van der Waals surface area (Å²) in [5.41, 5.74) is 12.3. The van der Waals surface area contributed by atoms with E-state index in [0.29, 0.717) is 11.8 Å². The van der Waals surface area contributed by atoms with E-state index < -0.39 is 0 Å². The minimum atomic E-state index is 0.322. The molecule has 3 aliphatic carbocycles. The lowest BCUT2D eigenvalue weighted by atomic mass is 9.73. The molecule has 244 valence electrons. The van der Waals surface area contributed by atoms with Crippen molar-refractivity contribution in [1.82, 2.24) is 9.97 Å². The maximum atomic E-state index is 4.97. The molecule has 7 aromatic rings. The highest BCUT2D eigenvalue weighted by molar-refractivity contribution is 6.03. The van der Waals surface area contributed by atoms with Gasteiger partial charge in [0.25, 0.3) is 0 Å². The molecule has 0 radical (unpaired) electrons. The molecule has 2 aromatic heterocycles. The molecule has 3 aliphatic rings. The van der Waals surface area contributed by atoms with E-state index in [-0.39, 0.29) is 0 Å². The zero-order chi connectivity index (χ0) is 33.9. The molecule has 2 atom stereocenters. The van der Waals surface area contributed by atoms with Crippen molar-refractivity contribution in [2.24, 2.45) is 5.92 Å². The second-order valence-corrected chi connectivity index (χ2v) is 14.4. The van der Waals surface area contributed by atoms with E-state index in [9.17, 15) is 0 Å². The fourth-order valence-electron chi connectivity index (χ4n) is 8.73. The molecule has 2 heteroatoms. The maximum Gasteiger partial charge on any atom is 0.0718 e. The van der Waals surface area contributed by atoms with Crippen LogP contribution >= 0.6 is 0 Å². The Labute approximate surface area is 298 Å². The van der Waals surface area contributed by atoms with E-state index in [1.54, 1.807) is 0 Å². The van der Waals surface area contributed by atoms with Gasteiger partial charge in [-0.3, -0.25) is 9.97 Å². The monoisotopic (exact) mass is 654 g/mol. The summed E-state index contributed by atoms with van der Waals surface area (Å²) < 4.78 is 0. The lowest BCUT2D eigenvalue weighted by Crippen LogP contribution is -2.35. The first kappa shape index (κ1) is 30.0. The second-order valence-electron chi connectivity index (χ2n) is 14.4. The van der Waals surface area contributed by atoms with Gasteiger partial charge in [0, 0.05) is 34.8 Å². The van der Waals surface area contributed by atoms with Crippen molar-refractivity contribution in [3.8, 4) is 33.5 Å². The third-order valence-electron chi connectivity index (χ3n) is 11.3. The number of allylic oxidation sites excluding steroid dienone is 6. The molecule has 2 unspecified atom stereocenters. The molecule has 2 nitrogen and oxygen atoms in total. The highest BCUT2D eigenvalue weighted by Gasteiger charge is 2.27. The van der Waals surface area contributed by atoms with E-state index >= 15 is 0 Å². The molecule has 2 heterocycles. The Morgan fingerprint density at radius 3 is 2.24 bits per heavy atom. The highest BCUT2D eigenvalue weighted by atomic mass is 14.7. The van der Waals surface area contributed by atoms with Crippen molar-refractivity contribution in [2.75, 3.05) is 0 Å². The predicted octanol–water partition coefficient (Wildman–Crippen LogP) is 11.2. The SMILES string of the molecule is CC1C=C2C=CCCC2=CC1c1c2c(c(-c3ccc4ccccc4c3)c3cc(-c4ccc(-c5cnc6ccccc6c5)nc4)ccc13)=CCCC=2. The lowest BCUT2D eigenvalue weighted by molar-refractivity contribution is 0.621. The summed E-state index contributed by atoms with van der Waals surface area (Å²) in [6, 6.07) is 37.6. The van der Waals surface area contributed by atoms with E-state index in [0.717, 1.165) is 53.4 Å². The minimum Gasteiger partial charge on any atom is -0.256 e. The summed E-state index contributed by atoms with van der Waals surface area (Å²) in [4.78, 5) is 9.65. The van der Waals surface area contributed by atoms with Gasteiger partial charge in [-0.1, -0.05) is 116 Å². The molecular weight excluding hydrogens is 617 g/mol. The molecule has 0 saturated heterocycles. The molecule has 51 heavy (non-hydrogen) atoms. The molecule has 0 saturated carbocycles. The van der Waals surface area contributed by atoms with Gasteiger partial charge < -0.3 is 0 Å². The lowest BCUT2D eigenvalue weighted by Gasteiger charge is -2.30. The number of hydrogen-bond donors (Lipinski definition) is 0. The largest absolute Gasteiger partial charge is 0.256 e. The molecule has 0 N–H and O–H groups in total. The first-order valence-electron chi connectivity index (χ1n) is 18.4. The van der Waals surface area contributed by atoms with Crippen LogP contribution in [0.1, 0.15) is 44.1 Å². The van der Waals surface area contributed by atoms with Gasteiger partial charge in [0.2, 0.25) is 0 Å². The van der Waals surface area contributed by atoms with E-state index in [2.05, 4.69) is 139 Å². The molecule has 5 aromatic carbocycles. The van der Waals surface area contributed by atoms with Crippen molar-refractivity contribution >= 4 is 44.6 Å². The molecular formula is C49H38N2. The van der Waals surface area contributed by atoms with Crippen LogP contribution in [0.25, 0.3) is 78.1 Å². The Bertz CT molecular complexity index is 2760. The van der Waals surface area contributed by atoms with Gasteiger partial charge in [0.05, 0.1) is 11.2 Å². The number of rotatable bonds is 4. The molecule has 0 bridgehead atoms. The molecule has 0 fully saturated rings. The van der Waals surface area contributed by atoms with Gasteiger partial charge >= 0.3 is 0 Å². The van der Waals surface area contributed by atoms with E-state index in [1.165, 1.54) is 65.4 Å². The van der Waals surface area contributed by atoms with Crippen LogP contribution in [0.5, 0.6) is 0 Å². The maximum absolute atomic E-state index is 4.97. The van der Waals surface area contributed by atoms with Gasteiger partial charge in [0.15, 0.2) is 0 Å². The molecule has 10 rings (SSSR count). The van der Waals surface area contributed by atoms with Gasteiger partial charge in [0.1, 0.15) is 0 Å². The van der Waals surface area contributed by atoms with Gasteiger partial charge in [-0.15, -0.1) is 0 Å². The van der Waals surface area contributed by atoms with Crippen LogP contribution in [0.2, 0.25) is 0 Å². The number of aromatic nitrogens is 2. The van der Waals surface area contributed by atoms with Crippen LogP contribution in [-0.4, -0.2) is 9.97 Å². The van der Waals surface area contributed by atoms with Gasteiger partial charge in [-0.2, -0.15) is 0 Å². The molecule has 0 aliphatic heterocycles. The molecule has 0 amide bonds. The fraction of sp³-hybridized carbons (Fsp3) is 0.143. The topological polar surface area (TPSA) is 25.8 Å². The van der Waals surface area contributed by atoms with Crippen LogP contribution < -0.4 is 10.4 Å². The Hall–Kier alpha value is -5.86. The number of benzene rings is 5. The zero-order valence-corrected chi connectivity index (χ0v) is 28.8. The van der Waals surface area contributed by atoms with Crippen LogP contribution in [0.15, 0.2) is 151 Å². The van der Waals surface area contributed by atoms with Crippen molar-refractivity contribution in [3.05, 3.63) is 167 Å². The van der Waals surface area contributed by atoms with Crippen molar-refractivity contribution in [3.63, 3.8) is 0 Å². The van der Waals surface area contributed by atoms with Gasteiger partial charge in [-0.05, 0) is 127 Å². The average Bonchev–Trinajstić information content (AvgIpc) is 3.19. The van der Waals surface area contributed by atoms with Gasteiger partial charge in [-0.25, -0.2) is 0 Å². The molecule has 0 spiro atoms. The van der Waals surface area contributed by atoms with Crippen molar-refractivity contribution in [2.45, 2.75) is 38.5 Å². The number of nitrogens with zero attached hydrogens (tertiary/aromatic N) is 2. The predicted molar refractivity (Wildman–Crippen MR) is 215 cm³/mol. The van der Waals surface area contributed by atoms with Crippen molar-refractivity contribution in [1.29, 1.82) is 0 Å². The minimum absolute atomic E-state index is 0.322. The summed E-state index contributed by atoms with van der Waals surface area (Å²) in [5.74, 6) is 0.726. The number of hydrogen-bond acceptors (Lipinski definition) is 2. The number of para-hydroxylation sites is 1. The zero-order valence-electron chi connectivity index (χ0n) is 28.8. The summed E-state index contributed by atoms with van der Waals surface area (Å²) in [6.45, 7) is 2.40. The first-order valence-corrected chi connectivity index (χ1v) is 18.4. The average molecular weight is 655 g/mol. The smallest absolute Gasteiger partial charge is 0.0718 e. The summed E-state index contributed by atoms with van der Waals surface area (Å²) in [7, 11) is 0. The van der Waals surface area contributed by atoms with Crippen LogP contribution in [0, 0.1) is 5.92 Å². The third kappa shape index (κ3) is 5.17. The summed E-state index contributed by atoms with van der Waals surface area (Å²) in [5, 5.41) is 9.15. The fourth-order valence-corrected chi connectivity index (χ4v) is 8.73. The van der Waals surface area contributed by atoms with Crippen LogP contribution in [-0.2, 0) is 0 Å². The van der Waals surface area contributed by atoms with Crippen molar-refractivity contribution < 1.29 is 0 Å². The third-order valence-corrected chi connectivity index (χ3v) is 11.3. The standard InChI is InChI=1S/C49H38N2/c1-31-24-33-11-4-5-13-35(33)27-44(31)49-42-16-8-7-15-41(42)48(38-19-18-32-10-2-3-12-34(32)25-38)45-28-36(20-22-43(45)49)39-21-23-47(50-29-39)40-26-37-14-6-9-17-46(37)51-30-40/h2-4,6,9-12,14-31,44H,5,7-8,13H2,1H3. The Morgan fingerprint density at radius 1 is 0.588 bits per heavy atom. The number of pyridine rings is 2. The second kappa shape index (κ2) is 12.2. The first-order chi connectivity index (χ1) is 25.2. The Kier molecular flexibility index (Phi) is 7.16. The van der Waals surface area contributed by atoms with E-state index in [1.807, 2.05) is 24.5 Å². The van der Waals surface area contributed by atoms with Crippen LogP contribution in [0.3, 0.4) is 0 Å².